The second-order valence-corrected chi connectivity index (χ2v) is 3.46. The average molecular weight is 250 g/mol. The van der Waals surface area contributed by atoms with Crippen LogP contribution >= 0.6 is 0 Å². The number of amides is 1. The van der Waals surface area contributed by atoms with Gasteiger partial charge in [0.1, 0.15) is 12.2 Å². The zero-order chi connectivity index (χ0) is 13.1. The van der Waals surface area contributed by atoms with Gasteiger partial charge in [0.05, 0.1) is 0 Å². The van der Waals surface area contributed by atoms with Crippen molar-refractivity contribution in [2.75, 3.05) is 7.05 Å². The van der Waals surface area contributed by atoms with E-state index in [9.17, 15) is 9.59 Å². The summed E-state index contributed by atoms with van der Waals surface area (Å²) in [4.78, 5) is 21.9. The Bertz CT molecular complexity index is 586. The SMILES string of the molecule is CNC(=O)c1ccn(Cc2cc(C(=O)O)no2)n1. The highest BCUT2D eigenvalue weighted by molar-refractivity contribution is 5.91. The molecule has 8 heteroatoms. The van der Waals surface area contributed by atoms with Gasteiger partial charge in [0.15, 0.2) is 11.5 Å². The summed E-state index contributed by atoms with van der Waals surface area (Å²) in [5.41, 5.74) is 0.110. The Morgan fingerprint density at radius 2 is 2.28 bits per heavy atom. The second-order valence-electron chi connectivity index (χ2n) is 3.46. The Labute approximate surface area is 101 Å². The molecule has 1 amide bonds. The monoisotopic (exact) mass is 250 g/mol. The molecule has 0 spiro atoms. The third-order valence-electron chi connectivity index (χ3n) is 2.20. The minimum Gasteiger partial charge on any atom is -0.476 e. The molecule has 0 fully saturated rings. The van der Waals surface area contributed by atoms with E-state index in [1.807, 2.05) is 0 Å². The number of nitrogens with zero attached hydrogens (tertiary/aromatic N) is 3. The van der Waals surface area contributed by atoms with Crippen LogP contribution in [0.4, 0.5) is 0 Å². The third kappa shape index (κ3) is 2.37. The van der Waals surface area contributed by atoms with Crippen molar-refractivity contribution in [3.8, 4) is 0 Å². The van der Waals surface area contributed by atoms with Crippen molar-refractivity contribution < 1.29 is 19.2 Å². The number of hydrogen-bond donors (Lipinski definition) is 2. The Hall–Kier alpha value is -2.64. The van der Waals surface area contributed by atoms with Gasteiger partial charge in [-0.2, -0.15) is 5.10 Å². The third-order valence-corrected chi connectivity index (χ3v) is 2.20. The van der Waals surface area contributed by atoms with Crippen molar-refractivity contribution in [3.05, 3.63) is 35.5 Å². The normalized spacial score (nSPS) is 10.3. The molecule has 2 N–H and O–H groups in total. The molecule has 0 bridgehead atoms. The van der Waals surface area contributed by atoms with E-state index in [4.69, 9.17) is 9.63 Å². The van der Waals surface area contributed by atoms with Gasteiger partial charge >= 0.3 is 5.97 Å². The van der Waals surface area contributed by atoms with Crippen LogP contribution in [0.2, 0.25) is 0 Å². The summed E-state index contributed by atoms with van der Waals surface area (Å²) in [6.07, 6.45) is 1.59. The molecule has 0 aliphatic rings. The number of rotatable bonds is 4. The molecule has 2 heterocycles. The molecule has 0 saturated carbocycles. The number of carbonyl (C=O) groups is 2. The largest absolute Gasteiger partial charge is 0.476 e. The average Bonchev–Trinajstić information content (AvgIpc) is 2.98. The molecule has 0 aliphatic heterocycles. The van der Waals surface area contributed by atoms with Crippen LogP contribution in [-0.2, 0) is 6.54 Å². The van der Waals surface area contributed by atoms with Crippen molar-refractivity contribution in [2.24, 2.45) is 0 Å². The first-order valence-electron chi connectivity index (χ1n) is 5.04. The minimum absolute atomic E-state index is 0.163. The molecule has 0 aromatic carbocycles. The van der Waals surface area contributed by atoms with Gasteiger partial charge in [-0.05, 0) is 6.07 Å². The van der Waals surface area contributed by atoms with E-state index in [2.05, 4.69) is 15.6 Å². The number of carbonyl (C=O) groups excluding carboxylic acids is 1. The van der Waals surface area contributed by atoms with E-state index >= 15 is 0 Å². The van der Waals surface area contributed by atoms with Crippen LogP contribution < -0.4 is 5.32 Å². The molecule has 2 aromatic rings. The van der Waals surface area contributed by atoms with Gasteiger partial charge in [-0.15, -0.1) is 0 Å². The maximum atomic E-state index is 11.3. The van der Waals surface area contributed by atoms with E-state index in [-0.39, 0.29) is 23.8 Å². The Morgan fingerprint density at radius 3 is 2.89 bits per heavy atom. The van der Waals surface area contributed by atoms with Crippen LogP contribution in [0.5, 0.6) is 0 Å². The molecule has 0 unspecified atom stereocenters. The van der Waals surface area contributed by atoms with E-state index < -0.39 is 5.97 Å². The highest BCUT2D eigenvalue weighted by Gasteiger charge is 2.12. The van der Waals surface area contributed by atoms with Crippen LogP contribution in [0.15, 0.2) is 22.9 Å². The van der Waals surface area contributed by atoms with Gasteiger partial charge in [-0.1, -0.05) is 5.16 Å². The molecule has 0 radical (unpaired) electrons. The van der Waals surface area contributed by atoms with Crippen molar-refractivity contribution in [1.82, 2.24) is 20.3 Å². The lowest BCUT2D eigenvalue weighted by molar-refractivity contribution is 0.0685. The standard InChI is InChI=1S/C10H10N4O4/c1-11-9(15)7-2-3-14(12-7)5-6-4-8(10(16)17)13-18-6/h2-4H,5H2,1H3,(H,11,15)(H,16,17). The number of carboxylic acids is 1. The Balaban J connectivity index is 2.11. The molecule has 2 aromatic heterocycles. The fraction of sp³-hybridized carbons (Fsp3) is 0.200. The van der Waals surface area contributed by atoms with Crippen LogP contribution in [0.3, 0.4) is 0 Å². The summed E-state index contributed by atoms with van der Waals surface area (Å²) >= 11 is 0. The fourth-order valence-electron chi connectivity index (χ4n) is 1.35. The summed E-state index contributed by atoms with van der Waals surface area (Å²) in [6.45, 7) is 0.206. The summed E-state index contributed by atoms with van der Waals surface area (Å²) in [7, 11) is 1.51. The summed E-state index contributed by atoms with van der Waals surface area (Å²) in [5.74, 6) is -1.10. The maximum absolute atomic E-state index is 11.3. The first-order chi connectivity index (χ1) is 8.60. The van der Waals surface area contributed by atoms with Gasteiger partial charge < -0.3 is 14.9 Å². The highest BCUT2D eigenvalue weighted by atomic mass is 16.5. The summed E-state index contributed by atoms with van der Waals surface area (Å²) in [6, 6.07) is 2.86. The van der Waals surface area contributed by atoms with Gasteiger partial charge in [-0.3, -0.25) is 9.48 Å². The quantitative estimate of drug-likeness (QED) is 0.788. The van der Waals surface area contributed by atoms with Crippen molar-refractivity contribution >= 4 is 11.9 Å². The van der Waals surface area contributed by atoms with Crippen molar-refractivity contribution in [3.63, 3.8) is 0 Å². The Morgan fingerprint density at radius 1 is 1.50 bits per heavy atom. The maximum Gasteiger partial charge on any atom is 0.358 e. The first kappa shape index (κ1) is 11.8. The number of aromatic carboxylic acids is 1. The topological polar surface area (TPSA) is 110 Å². The molecule has 0 aliphatic carbocycles. The van der Waals surface area contributed by atoms with Gasteiger partial charge in [-0.25, -0.2) is 4.79 Å². The first-order valence-corrected chi connectivity index (χ1v) is 5.04. The van der Waals surface area contributed by atoms with Crippen LogP contribution in [0, 0.1) is 0 Å². The Kier molecular flexibility index (Phi) is 3.09. The molecule has 94 valence electrons. The molecule has 0 saturated heterocycles. The molecule has 8 nitrogen and oxygen atoms in total. The van der Waals surface area contributed by atoms with E-state index in [0.717, 1.165) is 0 Å². The van der Waals surface area contributed by atoms with Crippen molar-refractivity contribution in [2.45, 2.75) is 6.54 Å². The zero-order valence-electron chi connectivity index (χ0n) is 9.45. The van der Waals surface area contributed by atoms with Crippen LogP contribution in [0.25, 0.3) is 0 Å². The fourth-order valence-corrected chi connectivity index (χ4v) is 1.35. The molecular weight excluding hydrogens is 240 g/mol. The number of nitrogens with one attached hydrogen (secondary N) is 1. The van der Waals surface area contributed by atoms with Gasteiger partial charge in [0, 0.05) is 19.3 Å². The second kappa shape index (κ2) is 4.70. The number of carboxylic acid groups (broad SMARTS) is 1. The van der Waals surface area contributed by atoms with E-state index in [0.29, 0.717) is 5.76 Å². The lowest BCUT2D eigenvalue weighted by atomic mass is 10.3. The van der Waals surface area contributed by atoms with Gasteiger partial charge in [0.25, 0.3) is 5.91 Å². The molecule has 2 rings (SSSR count). The molecule has 18 heavy (non-hydrogen) atoms. The molecular formula is C10H10N4O4. The van der Waals surface area contributed by atoms with E-state index in [1.54, 1.807) is 12.3 Å². The zero-order valence-corrected chi connectivity index (χ0v) is 9.45. The minimum atomic E-state index is -1.16. The highest BCUT2D eigenvalue weighted by Crippen LogP contribution is 2.06. The summed E-state index contributed by atoms with van der Waals surface area (Å²) in [5, 5.41) is 18.5. The summed E-state index contributed by atoms with van der Waals surface area (Å²) < 4.78 is 6.29. The predicted octanol–water partition coefficient (Wildman–Crippen LogP) is -0.0228. The predicted molar refractivity (Wildman–Crippen MR) is 58.2 cm³/mol. The molecule has 0 atom stereocenters. The lowest BCUT2D eigenvalue weighted by Gasteiger charge is -1.96. The number of hydrogen-bond acceptors (Lipinski definition) is 5. The lowest BCUT2D eigenvalue weighted by Crippen LogP contribution is -2.18. The number of aromatic nitrogens is 3. The van der Waals surface area contributed by atoms with Crippen LogP contribution in [0.1, 0.15) is 26.7 Å². The van der Waals surface area contributed by atoms with Gasteiger partial charge in [0.2, 0.25) is 0 Å². The van der Waals surface area contributed by atoms with Crippen molar-refractivity contribution in [1.29, 1.82) is 0 Å². The van der Waals surface area contributed by atoms with Crippen LogP contribution in [-0.4, -0.2) is 39.0 Å². The van der Waals surface area contributed by atoms with E-state index in [1.165, 1.54) is 17.8 Å². The smallest absolute Gasteiger partial charge is 0.358 e.